The lowest BCUT2D eigenvalue weighted by molar-refractivity contribution is -0.123. The maximum atomic E-state index is 12.6. The number of rotatable bonds is 6. The van der Waals surface area contributed by atoms with Gasteiger partial charge in [-0.2, -0.15) is 5.26 Å². The zero-order valence-electron chi connectivity index (χ0n) is 15.5. The Morgan fingerprint density at radius 1 is 1.07 bits per heavy atom. The van der Waals surface area contributed by atoms with E-state index >= 15 is 0 Å². The zero-order valence-corrected chi connectivity index (χ0v) is 16.3. The first-order chi connectivity index (χ1) is 14.1. The highest BCUT2D eigenvalue weighted by atomic mass is 32.2. The van der Waals surface area contributed by atoms with Crippen LogP contribution in [0.4, 0.5) is 5.69 Å². The maximum absolute atomic E-state index is 12.6. The van der Waals surface area contributed by atoms with Crippen molar-refractivity contribution in [2.45, 2.75) is 22.9 Å². The molecule has 0 aliphatic heterocycles. The largest absolute Gasteiger partial charge is 0.449 e. The number of carbonyl (C=O) groups is 2. The van der Waals surface area contributed by atoms with Gasteiger partial charge in [0.05, 0.1) is 16.8 Å². The summed E-state index contributed by atoms with van der Waals surface area (Å²) in [6.45, 7) is 1.47. The molecule has 1 N–H and O–H groups in total. The molecule has 1 unspecified atom stereocenters. The monoisotopic (exact) mass is 403 g/mol. The van der Waals surface area contributed by atoms with Gasteiger partial charge in [-0.3, -0.25) is 4.79 Å². The molecule has 1 aromatic heterocycles. The van der Waals surface area contributed by atoms with Gasteiger partial charge in [0.25, 0.3) is 5.91 Å². The molecule has 0 bridgehead atoms. The summed E-state index contributed by atoms with van der Waals surface area (Å²) in [7, 11) is 0. The van der Waals surface area contributed by atoms with Crippen molar-refractivity contribution >= 4 is 29.3 Å². The van der Waals surface area contributed by atoms with Crippen molar-refractivity contribution in [1.82, 2.24) is 4.98 Å². The van der Waals surface area contributed by atoms with Gasteiger partial charge in [-0.05, 0) is 43.3 Å². The number of carbonyl (C=O) groups excluding carboxylic acids is 2. The van der Waals surface area contributed by atoms with E-state index in [1.54, 1.807) is 42.6 Å². The molecule has 3 rings (SSSR count). The Balaban J connectivity index is 1.70. The van der Waals surface area contributed by atoms with Crippen molar-refractivity contribution in [3.63, 3.8) is 0 Å². The number of amides is 1. The second-order valence-corrected chi connectivity index (χ2v) is 7.03. The molecule has 2 aromatic carbocycles. The van der Waals surface area contributed by atoms with Crippen LogP contribution in [-0.4, -0.2) is 23.0 Å². The van der Waals surface area contributed by atoms with Crippen molar-refractivity contribution in [3.8, 4) is 6.07 Å². The molecule has 3 aromatic rings. The lowest BCUT2D eigenvalue weighted by atomic mass is 10.2. The predicted molar refractivity (Wildman–Crippen MR) is 109 cm³/mol. The number of nitrogens with zero attached hydrogens (tertiary/aromatic N) is 2. The van der Waals surface area contributed by atoms with Crippen LogP contribution in [0.3, 0.4) is 0 Å². The van der Waals surface area contributed by atoms with Crippen molar-refractivity contribution < 1.29 is 14.3 Å². The van der Waals surface area contributed by atoms with Gasteiger partial charge in [-0.15, -0.1) is 0 Å². The maximum Gasteiger partial charge on any atom is 0.341 e. The van der Waals surface area contributed by atoms with E-state index in [1.807, 2.05) is 36.4 Å². The van der Waals surface area contributed by atoms with Crippen LogP contribution in [-0.2, 0) is 9.53 Å². The van der Waals surface area contributed by atoms with Gasteiger partial charge in [0, 0.05) is 11.1 Å². The number of hydrogen-bond donors (Lipinski definition) is 1. The van der Waals surface area contributed by atoms with Crippen LogP contribution in [0.25, 0.3) is 0 Å². The molecular weight excluding hydrogens is 386 g/mol. The number of ether oxygens (including phenoxy) is 1. The second-order valence-electron chi connectivity index (χ2n) is 5.97. The first kappa shape index (κ1) is 20.1. The minimum Gasteiger partial charge on any atom is -0.449 e. The summed E-state index contributed by atoms with van der Waals surface area (Å²) in [5.74, 6) is -1.17. The van der Waals surface area contributed by atoms with Crippen LogP contribution in [0.1, 0.15) is 22.8 Å². The Bertz CT molecular complexity index is 1060. The van der Waals surface area contributed by atoms with Gasteiger partial charge in [-0.25, -0.2) is 9.78 Å². The third-order valence-corrected chi connectivity index (χ3v) is 4.93. The van der Waals surface area contributed by atoms with Crippen molar-refractivity contribution in [1.29, 1.82) is 5.26 Å². The minimum absolute atomic E-state index is 0.276. The molecule has 0 aliphatic rings. The first-order valence-electron chi connectivity index (χ1n) is 8.77. The molecule has 0 spiro atoms. The van der Waals surface area contributed by atoms with Crippen molar-refractivity contribution in [2.75, 3.05) is 5.32 Å². The van der Waals surface area contributed by atoms with E-state index in [1.165, 1.54) is 18.7 Å². The second kappa shape index (κ2) is 9.53. The molecule has 1 amide bonds. The van der Waals surface area contributed by atoms with Gasteiger partial charge >= 0.3 is 5.97 Å². The third kappa shape index (κ3) is 5.21. The molecule has 29 heavy (non-hydrogen) atoms. The molecule has 1 atom stereocenters. The fourth-order valence-corrected chi connectivity index (χ4v) is 3.32. The third-order valence-electron chi connectivity index (χ3n) is 3.91. The van der Waals surface area contributed by atoms with E-state index in [0.717, 1.165) is 4.90 Å². The number of pyridine rings is 1. The summed E-state index contributed by atoms with van der Waals surface area (Å²) in [6.07, 6.45) is 0.542. The summed E-state index contributed by atoms with van der Waals surface area (Å²) in [5.41, 5.74) is 0.969. The summed E-state index contributed by atoms with van der Waals surface area (Å²) in [4.78, 5) is 30.2. The summed E-state index contributed by atoms with van der Waals surface area (Å²) < 4.78 is 5.34. The smallest absolute Gasteiger partial charge is 0.341 e. The Hall–Kier alpha value is -3.63. The predicted octanol–water partition coefficient (Wildman–Crippen LogP) is 4.29. The topological polar surface area (TPSA) is 92.1 Å². The zero-order chi connectivity index (χ0) is 20.6. The Labute approximate surface area is 172 Å². The highest BCUT2D eigenvalue weighted by Crippen LogP contribution is 2.28. The fourth-order valence-electron chi connectivity index (χ4n) is 2.43. The van der Waals surface area contributed by atoms with Gasteiger partial charge in [0.1, 0.15) is 11.1 Å². The van der Waals surface area contributed by atoms with Crippen molar-refractivity contribution in [3.05, 3.63) is 84.1 Å². The van der Waals surface area contributed by atoms with E-state index < -0.39 is 18.0 Å². The van der Waals surface area contributed by atoms with Crippen LogP contribution >= 0.6 is 11.8 Å². The quantitative estimate of drug-likeness (QED) is 0.617. The van der Waals surface area contributed by atoms with Crippen LogP contribution in [0, 0.1) is 11.3 Å². The minimum atomic E-state index is -1.05. The summed E-state index contributed by atoms with van der Waals surface area (Å²) >= 11 is 1.34. The molecular formula is C22H17N3O3S. The number of nitrogens with one attached hydrogen (secondary N) is 1. The Morgan fingerprint density at radius 3 is 2.55 bits per heavy atom. The molecule has 0 saturated carbocycles. The van der Waals surface area contributed by atoms with Crippen LogP contribution in [0.5, 0.6) is 0 Å². The lowest BCUT2D eigenvalue weighted by Crippen LogP contribution is -2.30. The number of hydrogen-bond acceptors (Lipinski definition) is 6. The standard InChI is InChI=1S/C22H17N3O3S/c1-15(20(26)25-19-12-6-5-8-16(19)14-23)28-22(27)18-11-7-13-24-21(18)29-17-9-3-2-4-10-17/h2-13,15H,1H3,(H,25,26). The van der Waals surface area contributed by atoms with E-state index in [4.69, 9.17) is 10.00 Å². The molecule has 0 radical (unpaired) electrons. The Morgan fingerprint density at radius 2 is 1.79 bits per heavy atom. The highest BCUT2D eigenvalue weighted by Gasteiger charge is 2.22. The number of benzene rings is 2. The van der Waals surface area contributed by atoms with Gasteiger partial charge in [0.15, 0.2) is 6.10 Å². The first-order valence-corrected chi connectivity index (χ1v) is 9.59. The number of anilines is 1. The molecule has 6 nitrogen and oxygen atoms in total. The average Bonchev–Trinajstić information content (AvgIpc) is 2.75. The molecule has 1 heterocycles. The molecule has 7 heteroatoms. The van der Waals surface area contributed by atoms with E-state index in [0.29, 0.717) is 16.3 Å². The van der Waals surface area contributed by atoms with Gasteiger partial charge in [0.2, 0.25) is 0 Å². The fraction of sp³-hybridized carbons (Fsp3) is 0.0909. The molecule has 144 valence electrons. The van der Waals surface area contributed by atoms with Crippen LogP contribution in [0.2, 0.25) is 0 Å². The lowest BCUT2D eigenvalue weighted by Gasteiger charge is -2.15. The normalized spacial score (nSPS) is 11.2. The molecule has 0 saturated heterocycles. The van der Waals surface area contributed by atoms with Crippen LogP contribution in [0.15, 0.2) is 82.8 Å². The summed E-state index contributed by atoms with van der Waals surface area (Å²) in [5, 5.41) is 12.2. The van der Waals surface area contributed by atoms with Crippen molar-refractivity contribution in [2.24, 2.45) is 0 Å². The SMILES string of the molecule is CC(OC(=O)c1cccnc1Sc1ccccc1)C(=O)Nc1ccccc1C#N. The molecule has 0 aliphatic carbocycles. The Kier molecular flexibility index (Phi) is 6.61. The average molecular weight is 403 g/mol. The molecule has 0 fully saturated rings. The summed E-state index contributed by atoms with van der Waals surface area (Å²) in [6, 6.07) is 21.4. The number of nitriles is 1. The van der Waals surface area contributed by atoms with Crippen LogP contribution < -0.4 is 5.32 Å². The van der Waals surface area contributed by atoms with Gasteiger partial charge in [-0.1, -0.05) is 42.1 Å². The number of esters is 1. The van der Waals surface area contributed by atoms with E-state index in [-0.39, 0.29) is 5.56 Å². The van der Waals surface area contributed by atoms with E-state index in [9.17, 15) is 9.59 Å². The number of para-hydroxylation sites is 1. The highest BCUT2D eigenvalue weighted by molar-refractivity contribution is 7.99. The number of aromatic nitrogens is 1. The van der Waals surface area contributed by atoms with Gasteiger partial charge < -0.3 is 10.1 Å². The van der Waals surface area contributed by atoms with E-state index in [2.05, 4.69) is 10.3 Å².